The lowest BCUT2D eigenvalue weighted by molar-refractivity contribution is -0.138. The molecular formula is C26H26N6O7S. The molecule has 40 heavy (non-hydrogen) atoms. The first kappa shape index (κ1) is 28.2. The molecule has 208 valence electrons. The lowest BCUT2D eigenvalue weighted by Crippen LogP contribution is -2.48. The predicted octanol–water partition coefficient (Wildman–Crippen LogP) is 1.13. The normalized spacial score (nSPS) is 12.0. The van der Waals surface area contributed by atoms with E-state index < -0.39 is 40.0 Å². The summed E-state index contributed by atoms with van der Waals surface area (Å²) >= 11 is 0. The molecule has 4 N–H and O–H groups in total. The van der Waals surface area contributed by atoms with E-state index in [1.54, 1.807) is 42.7 Å². The smallest absolute Gasteiger partial charge is 0.323 e. The lowest BCUT2D eigenvalue weighted by Gasteiger charge is -2.16. The Labute approximate surface area is 228 Å². The highest BCUT2D eigenvalue weighted by atomic mass is 32.2. The summed E-state index contributed by atoms with van der Waals surface area (Å²) in [6.45, 7) is 0.323. The van der Waals surface area contributed by atoms with Crippen LogP contribution in [0.5, 0.6) is 5.75 Å². The third-order valence-electron chi connectivity index (χ3n) is 5.62. The number of hydrogen-bond donors (Lipinski definition) is 4. The maximum atomic E-state index is 13.0. The molecule has 3 aromatic heterocycles. The molecule has 0 spiro atoms. The largest absolute Gasteiger partial charge is 0.492 e. The van der Waals surface area contributed by atoms with E-state index in [4.69, 9.17) is 4.74 Å². The number of carboxylic acids is 1. The van der Waals surface area contributed by atoms with Gasteiger partial charge in [-0.2, -0.15) is 4.72 Å². The van der Waals surface area contributed by atoms with Gasteiger partial charge >= 0.3 is 5.97 Å². The number of fused-ring (bicyclic) bond motifs is 1. The summed E-state index contributed by atoms with van der Waals surface area (Å²) in [7, 11) is -4.16. The minimum absolute atomic E-state index is 0.125. The van der Waals surface area contributed by atoms with Crippen LogP contribution in [0, 0.1) is 0 Å². The molecule has 14 heteroatoms. The SMILES string of the molecule is O=C(NC[C@H](NS(=O)(=O)c1ccccc1)C(=O)O)c1ccc2ccc(OCCCNc3ncccn3)cn2c1=O. The zero-order valence-electron chi connectivity index (χ0n) is 21.1. The van der Waals surface area contributed by atoms with Crippen molar-refractivity contribution in [2.45, 2.75) is 17.4 Å². The summed E-state index contributed by atoms with van der Waals surface area (Å²) in [5, 5.41) is 14.9. The van der Waals surface area contributed by atoms with Gasteiger partial charge in [0.1, 0.15) is 17.4 Å². The van der Waals surface area contributed by atoms with Gasteiger partial charge in [-0.1, -0.05) is 18.2 Å². The van der Waals surface area contributed by atoms with E-state index in [-0.39, 0.29) is 10.5 Å². The average molecular weight is 567 g/mol. The molecule has 0 saturated heterocycles. The van der Waals surface area contributed by atoms with Gasteiger partial charge in [0, 0.05) is 31.0 Å². The summed E-state index contributed by atoms with van der Waals surface area (Å²) in [5.41, 5.74) is -0.396. The van der Waals surface area contributed by atoms with E-state index in [2.05, 4.69) is 25.3 Å². The summed E-state index contributed by atoms with van der Waals surface area (Å²) in [6, 6.07) is 13.5. The van der Waals surface area contributed by atoms with Gasteiger partial charge in [-0.25, -0.2) is 18.4 Å². The second-order valence-corrected chi connectivity index (χ2v) is 10.2. The molecule has 3 heterocycles. The number of ether oxygens (including phenoxy) is 1. The van der Waals surface area contributed by atoms with Crippen LogP contribution in [0.3, 0.4) is 0 Å². The van der Waals surface area contributed by atoms with Crippen molar-refractivity contribution in [2.24, 2.45) is 0 Å². The number of aromatic nitrogens is 3. The number of benzene rings is 1. The van der Waals surface area contributed by atoms with E-state index >= 15 is 0 Å². The summed E-state index contributed by atoms with van der Waals surface area (Å²) < 4.78 is 34.0. The minimum atomic E-state index is -4.16. The zero-order chi connectivity index (χ0) is 28.5. The Morgan fingerprint density at radius 3 is 2.45 bits per heavy atom. The van der Waals surface area contributed by atoms with Crippen molar-refractivity contribution in [1.29, 1.82) is 0 Å². The van der Waals surface area contributed by atoms with Gasteiger partial charge in [0.05, 0.1) is 17.7 Å². The Bertz CT molecular complexity index is 1650. The van der Waals surface area contributed by atoms with Gasteiger partial charge in [-0.15, -0.1) is 0 Å². The number of carbonyl (C=O) groups is 2. The van der Waals surface area contributed by atoms with Crippen LogP contribution in [0.1, 0.15) is 16.8 Å². The Hall–Kier alpha value is -4.82. The summed E-state index contributed by atoms with van der Waals surface area (Å²) in [5.74, 6) is -1.44. The second-order valence-electron chi connectivity index (χ2n) is 8.45. The van der Waals surface area contributed by atoms with E-state index in [1.165, 1.54) is 40.9 Å². The highest BCUT2D eigenvalue weighted by Crippen LogP contribution is 2.13. The number of nitrogens with one attached hydrogen (secondary N) is 3. The average Bonchev–Trinajstić information content (AvgIpc) is 2.96. The number of rotatable bonds is 13. The van der Waals surface area contributed by atoms with Gasteiger partial charge < -0.3 is 20.5 Å². The van der Waals surface area contributed by atoms with Crippen LogP contribution in [0.25, 0.3) is 5.52 Å². The first-order valence-corrected chi connectivity index (χ1v) is 13.6. The molecule has 1 amide bonds. The number of aliphatic carboxylic acids is 1. The molecule has 0 saturated carbocycles. The van der Waals surface area contributed by atoms with Crippen LogP contribution in [-0.2, 0) is 14.8 Å². The fourth-order valence-corrected chi connectivity index (χ4v) is 4.82. The molecular weight excluding hydrogens is 540 g/mol. The lowest BCUT2D eigenvalue weighted by atomic mass is 10.2. The molecule has 13 nitrogen and oxygen atoms in total. The van der Waals surface area contributed by atoms with Crippen molar-refractivity contribution in [3.8, 4) is 5.75 Å². The van der Waals surface area contributed by atoms with Crippen LogP contribution in [0.4, 0.5) is 5.95 Å². The third kappa shape index (κ3) is 7.18. The van der Waals surface area contributed by atoms with Crippen molar-refractivity contribution in [3.63, 3.8) is 0 Å². The second kappa shape index (κ2) is 12.8. The fraction of sp³-hybridized carbons (Fsp3) is 0.192. The predicted molar refractivity (Wildman–Crippen MR) is 145 cm³/mol. The van der Waals surface area contributed by atoms with Crippen molar-refractivity contribution < 1.29 is 27.9 Å². The zero-order valence-corrected chi connectivity index (χ0v) is 21.9. The number of hydrogen-bond acceptors (Lipinski definition) is 9. The fourth-order valence-electron chi connectivity index (χ4n) is 3.61. The monoisotopic (exact) mass is 566 g/mol. The van der Waals surface area contributed by atoms with E-state index in [9.17, 15) is 27.9 Å². The van der Waals surface area contributed by atoms with Crippen molar-refractivity contribution in [3.05, 3.63) is 95.2 Å². The van der Waals surface area contributed by atoms with Gasteiger partial charge in [-0.05, 0) is 48.9 Å². The number of anilines is 1. The molecule has 4 rings (SSSR count). The number of nitrogens with zero attached hydrogens (tertiary/aromatic N) is 3. The van der Waals surface area contributed by atoms with Gasteiger partial charge in [0.25, 0.3) is 11.5 Å². The maximum absolute atomic E-state index is 13.0. The molecule has 0 aliphatic heterocycles. The van der Waals surface area contributed by atoms with Gasteiger partial charge in [0.2, 0.25) is 16.0 Å². The summed E-state index contributed by atoms with van der Waals surface area (Å²) in [4.78, 5) is 45.5. The Morgan fingerprint density at radius 1 is 1.00 bits per heavy atom. The molecule has 1 aromatic carbocycles. The molecule has 0 aliphatic rings. The molecule has 0 aliphatic carbocycles. The molecule has 0 bridgehead atoms. The Balaban J connectivity index is 1.38. The van der Waals surface area contributed by atoms with Crippen molar-refractivity contribution in [2.75, 3.05) is 25.0 Å². The first-order chi connectivity index (χ1) is 19.2. The van der Waals surface area contributed by atoms with Crippen molar-refractivity contribution in [1.82, 2.24) is 24.4 Å². The number of carboxylic acid groups (broad SMARTS) is 1. The molecule has 0 fully saturated rings. The molecule has 4 aromatic rings. The van der Waals surface area contributed by atoms with E-state index in [0.29, 0.717) is 36.8 Å². The van der Waals surface area contributed by atoms with Crippen LogP contribution in [0.15, 0.2) is 88.9 Å². The highest BCUT2D eigenvalue weighted by Gasteiger charge is 2.26. The quantitative estimate of drug-likeness (QED) is 0.171. The van der Waals surface area contributed by atoms with Gasteiger partial charge in [0.15, 0.2) is 0 Å². The number of pyridine rings is 2. The number of amides is 1. The van der Waals surface area contributed by atoms with Crippen LogP contribution < -0.4 is 25.7 Å². The first-order valence-electron chi connectivity index (χ1n) is 12.1. The van der Waals surface area contributed by atoms with E-state index in [0.717, 1.165) is 0 Å². The molecule has 0 radical (unpaired) electrons. The number of carbonyl (C=O) groups excluding carboxylic acids is 1. The minimum Gasteiger partial charge on any atom is -0.492 e. The number of sulfonamides is 1. The topological polar surface area (TPSA) is 181 Å². The standard InChI is InChI=1S/C26H26N6O7S/c33-23(30-16-22(25(35)36)31-40(37,38)20-6-2-1-3-7-20)21-11-9-18-8-10-19(17-32(18)24(21)34)39-15-5-14-29-26-27-12-4-13-28-26/h1-4,6-13,17,22,31H,5,14-16H2,(H,30,33)(H,35,36)(H,27,28,29)/t22-/m0/s1. The Morgan fingerprint density at radius 2 is 1.73 bits per heavy atom. The van der Waals surface area contributed by atoms with Crippen LogP contribution in [0.2, 0.25) is 0 Å². The maximum Gasteiger partial charge on any atom is 0.323 e. The van der Waals surface area contributed by atoms with E-state index in [1.807, 2.05) is 0 Å². The molecule has 1 atom stereocenters. The Kier molecular flexibility index (Phi) is 9.04. The molecule has 0 unspecified atom stereocenters. The van der Waals surface area contributed by atoms with Crippen molar-refractivity contribution >= 4 is 33.4 Å². The van der Waals surface area contributed by atoms with Crippen LogP contribution in [-0.4, -0.2) is 65.5 Å². The summed E-state index contributed by atoms with van der Waals surface area (Å²) in [6.07, 6.45) is 5.35. The van der Waals surface area contributed by atoms with Crippen LogP contribution >= 0.6 is 0 Å². The van der Waals surface area contributed by atoms with Gasteiger partial charge in [-0.3, -0.25) is 18.8 Å². The highest BCUT2D eigenvalue weighted by molar-refractivity contribution is 7.89. The third-order valence-corrected chi connectivity index (χ3v) is 7.11.